The molecule has 0 amide bonds. The van der Waals surface area contributed by atoms with E-state index in [2.05, 4.69) is 41.7 Å². The monoisotopic (exact) mass is 240 g/mol. The molecule has 0 saturated carbocycles. The zero-order valence-electron chi connectivity index (χ0n) is 9.06. The highest BCUT2D eigenvalue weighted by Gasteiger charge is 2.18. The summed E-state index contributed by atoms with van der Waals surface area (Å²) in [5, 5.41) is 7.40. The van der Waals surface area contributed by atoms with Crippen LogP contribution in [0, 0.1) is 0 Å². The first-order valence-corrected chi connectivity index (χ1v) is 7.06. The number of thioether (sulfide) groups is 1. The van der Waals surface area contributed by atoms with Crippen molar-refractivity contribution in [3.63, 3.8) is 0 Å². The Hall–Kier alpha value is -0.480. The highest BCUT2D eigenvalue weighted by atomic mass is 32.2. The minimum Gasteiger partial charge on any atom is -0.357 e. The van der Waals surface area contributed by atoms with Gasteiger partial charge >= 0.3 is 0 Å². The highest BCUT2D eigenvalue weighted by Crippen LogP contribution is 2.25. The standard InChI is InChI=1S/C11H16N2S2/c1-3-9(10-5-4-6-14-10)13-11-12-7-8(2)15-11/h4-6,8-9H,3,7H2,1-2H3,(H,12,13). The first-order chi connectivity index (χ1) is 7.29. The van der Waals surface area contributed by atoms with Gasteiger partial charge in [-0.05, 0) is 17.9 Å². The van der Waals surface area contributed by atoms with Crippen molar-refractivity contribution in [1.82, 2.24) is 5.32 Å². The van der Waals surface area contributed by atoms with E-state index in [1.807, 2.05) is 23.1 Å². The third kappa shape index (κ3) is 2.75. The SMILES string of the molecule is CCC(NC1=NCC(C)S1)c1cccs1. The Kier molecular flexibility index (Phi) is 3.70. The zero-order valence-corrected chi connectivity index (χ0v) is 10.7. The van der Waals surface area contributed by atoms with Gasteiger partial charge in [-0.2, -0.15) is 0 Å². The predicted molar refractivity (Wildman–Crippen MR) is 69.8 cm³/mol. The number of thiophene rings is 1. The average molecular weight is 240 g/mol. The molecule has 1 aromatic heterocycles. The predicted octanol–water partition coefficient (Wildman–Crippen LogP) is 3.28. The lowest BCUT2D eigenvalue weighted by atomic mass is 10.2. The molecule has 0 fully saturated rings. The summed E-state index contributed by atoms with van der Waals surface area (Å²) in [5.74, 6) is 0. The summed E-state index contributed by atoms with van der Waals surface area (Å²) < 4.78 is 0. The van der Waals surface area contributed by atoms with Crippen molar-refractivity contribution >= 4 is 28.3 Å². The van der Waals surface area contributed by atoms with Crippen LogP contribution >= 0.6 is 23.1 Å². The maximum atomic E-state index is 4.49. The molecule has 1 aromatic rings. The minimum atomic E-state index is 0.432. The van der Waals surface area contributed by atoms with Gasteiger partial charge < -0.3 is 5.32 Å². The van der Waals surface area contributed by atoms with Crippen LogP contribution < -0.4 is 5.32 Å². The number of nitrogens with one attached hydrogen (secondary N) is 1. The molecule has 0 bridgehead atoms. The second-order valence-electron chi connectivity index (χ2n) is 3.69. The van der Waals surface area contributed by atoms with Gasteiger partial charge in [0, 0.05) is 10.1 Å². The summed E-state index contributed by atoms with van der Waals surface area (Å²) in [6, 6.07) is 4.73. The number of amidine groups is 1. The van der Waals surface area contributed by atoms with E-state index in [0.717, 1.165) is 18.1 Å². The van der Waals surface area contributed by atoms with E-state index in [0.29, 0.717) is 11.3 Å². The van der Waals surface area contributed by atoms with Gasteiger partial charge in [-0.3, -0.25) is 4.99 Å². The van der Waals surface area contributed by atoms with Gasteiger partial charge in [0.2, 0.25) is 0 Å². The summed E-state index contributed by atoms with van der Waals surface area (Å²) in [6.07, 6.45) is 1.11. The molecule has 2 nitrogen and oxygen atoms in total. The van der Waals surface area contributed by atoms with Crippen LogP contribution in [0.25, 0.3) is 0 Å². The lowest BCUT2D eigenvalue weighted by Crippen LogP contribution is -2.24. The third-order valence-electron chi connectivity index (χ3n) is 2.40. The molecule has 0 spiro atoms. The molecule has 82 valence electrons. The normalized spacial score (nSPS) is 22.5. The maximum absolute atomic E-state index is 4.49. The molecule has 1 N–H and O–H groups in total. The summed E-state index contributed by atoms with van der Waals surface area (Å²) >= 11 is 3.66. The van der Waals surface area contributed by atoms with Crippen LogP contribution in [-0.2, 0) is 0 Å². The number of aliphatic imine (C=N–C) groups is 1. The first kappa shape index (κ1) is 11.0. The highest BCUT2D eigenvalue weighted by molar-refractivity contribution is 8.14. The Morgan fingerprint density at radius 3 is 3.07 bits per heavy atom. The van der Waals surface area contributed by atoms with Crippen molar-refractivity contribution in [3.8, 4) is 0 Å². The van der Waals surface area contributed by atoms with Gasteiger partial charge in [-0.15, -0.1) is 11.3 Å². The minimum absolute atomic E-state index is 0.432. The second-order valence-corrected chi connectivity index (χ2v) is 6.10. The summed E-state index contributed by atoms with van der Waals surface area (Å²) in [6.45, 7) is 5.38. The van der Waals surface area contributed by atoms with Crippen molar-refractivity contribution < 1.29 is 0 Å². The van der Waals surface area contributed by atoms with Crippen LogP contribution in [-0.4, -0.2) is 17.0 Å². The molecule has 2 atom stereocenters. The van der Waals surface area contributed by atoms with Crippen LogP contribution in [0.5, 0.6) is 0 Å². The molecule has 0 aliphatic carbocycles. The van der Waals surface area contributed by atoms with E-state index >= 15 is 0 Å². The van der Waals surface area contributed by atoms with Crippen LogP contribution in [0.3, 0.4) is 0 Å². The molecule has 0 radical (unpaired) electrons. The second kappa shape index (κ2) is 5.03. The van der Waals surface area contributed by atoms with E-state index in [1.54, 1.807) is 0 Å². The Labute approximate surface area is 99.2 Å². The number of rotatable bonds is 3. The largest absolute Gasteiger partial charge is 0.357 e. The van der Waals surface area contributed by atoms with Gasteiger partial charge in [0.15, 0.2) is 5.17 Å². The molecule has 2 unspecified atom stereocenters. The van der Waals surface area contributed by atoms with E-state index < -0.39 is 0 Å². The van der Waals surface area contributed by atoms with Crippen molar-refractivity contribution in [1.29, 1.82) is 0 Å². The van der Waals surface area contributed by atoms with Crippen molar-refractivity contribution in [3.05, 3.63) is 22.4 Å². The van der Waals surface area contributed by atoms with Crippen LogP contribution in [0.2, 0.25) is 0 Å². The molecule has 1 aliphatic heterocycles. The lowest BCUT2D eigenvalue weighted by molar-refractivity contribution is 0.641. The average Bonchev–Trinajstić information content (AvgIpc) is 2.85. The maximum Gasteiger partial charge on any atom is 0.157 e. The van der Waals surface area contributed by atoms with E-state index in [1.165, 1.54) is 4.88 Å². The van der Waals surface area contributed by atoms with Gasteiger partial charge in [-0.25, -0.2) is 0 Å². The Morgan fingerprint density at radius 1 is 1.67 bits per heavy atom. The number of hydrogen-bond donors (Lipinski definition) is 1. The van der Waals surface area contributed by atoms with Gasteiger partial charge in [-0.1, -0.05) is 31.7 Å². The van der Waals surface area contributed by atoms with Crippen LogP contribution in [0.1, 0.15) is 31.2 Å². The number of nitrogens with zero attached hydrogens (tertiary/aromatic N) is 1. The molecule has 0 aromatic carbocycles. The Balaban J connectivity index is 1.97. The quantitative estimate of drug-likeness (QED) is 0.877. The molecule has 1 aliphatic rings. The van der Waals surface area contributed by atoms with E-state index in [-0.39, 0.29) is 0 Å². The van der Waals surface area contributed by atoms with E-state index in [9.17, 15) is 0 Å². The molecule has 4 heteroatoms. The summed E-state index contributed by atoms with van der Waals surface area (Å²) in [7, 11) is 0. The Bertz CT molecular complexity index is 332. The Morgan fingerprint density at radius 2 is 2.53 bits per heavy atom. The van der Waals surface area contributed by atoms with Gasteiger partial charge in [0.25, 0.3) is 0 Å². The van der Waals surface area contributed by atoms with Crippen molar-refractivity contribution in [2.45, 2.75) is 31.6 Å². The van der Waals surface area contributed by atoms with Crippen molar-refractivity contribution in [2.75, 3.05) is 6.54 Å². The molecule has 15 heavy (non-hydrogen) atoms. The van der Waals surface area contributed by atoms with Crippen LogP contribution in [0.4, 0.5) is 0 Å². The summed E-state index contributed by atoms with van der Waals surface area (Å²) in [4.78, 5) is 5.89. The van der Waals surface area contributed by atoms with Gasteiger partial charge in [0.1, 0.15) is 0 Å². The van der Waals surface area contributed by atoms with Crippen molar-refractivity contribution in [2.24, 2.45) is 4.99 Å². The van der Waals surface area contributed by atoms with Crippen LogP contribution in [0.15, 0.2) is 22.5 Å². The van der Waals surface area contributed by atoms with E-state index in [4.69, 9.17) is 0 Å². The molecular weight excluding hydrogens is 224 g/mol. The fourth-order valence-electron chi connectivity index (χ4n) is 1.57. The summed E-state index contributed by atoms with van der Waals surface area (Å²) in [5.41, 5.74) is 0. The zero-order chi connectivity index (χ0) is 10.7. The number of hydrogen-bond acceptors (Lipinski definition) is 4. The fourth-order valence-corrected chi connectivity index (χ4v) is 3.32. The first-order valence-electron chi connectivity index (χ1n) is 5.30. The lowest BCUT2D eigenvalue weighted by Gasteiger charge is -2.16. The smallest absolute Gasteiger partial charge is 0.157 e. The molecule has 0 saturated heterocycles. The molecule has 2 heterocycles. The molecule has 2 rings (SSSR count). The topological polar surface area (TPSA) is 24.4 Å². The fraction of sp³-hybridized carbons (Fsp3) is 0.545. The third-order valence-corrected chi connectivity index (χ3v) is 4.41. The molecular formula is C11H16N2S2. The van der Waals surface area contributed by atoms with Gasteiger partial charge in [0.05, 0.1) is 12.6 Å².